The lowest BCUT2D eigenvalue weighted by Crippen LogP contribution is -2.24. The lowest BCUT2D eigenvalue weighted by molar-refractivity contribution is -0.122. The molecule has 0 atom stereocenters. The molecule has 1 heterocycles. The summed E-state index contributed by atoms with van der Waals surface area (Å²) in [6, 6.07) is 7.53. The summed E-state index contributed by atoms with van der Waals surface area (Å²) in [6.07, 6.45) is 1.56. The SMILES string of the molecule is NCCOCCOCCOCCOCCOCCOCCOCCC(=O)NCc1ccc(-c2nncnn2)cc1. The van der Waals surface area contributed by atoms with E-state index in [1.54, 1.807) is 0 Å². The van der Waals surface area contributed by atoms with E-state index >= 15 is 0 Å². The Morgan fingerprint density at radius 3 is 1.50 bits per heavy atom. The Balaban J connectivity index is 1.28. The fourth-order valence-electron chi connectivity index (χ4n) is 3.05. The van der Waals surface area contributed by atoms with Crippen LogP contribution in [0.4, 0.5) is 0 Å². The highest BCUT2D eigenvalue weighted by molar-refractivity contribution is 5.75. The molecule has 0 aliphatic carbocycles. The van der Waals surface area contributed by atoms with E-state index < -0.39 is 0 Å². The average molecular weight is 567 g/mol. The van der Waals surface area contributed by atoms with Crippen LogP contribution in [0.3, 0.4) is 0 Å². The fourth-order valence-corrected chi connectivity index (χ4v) is 3.05. The number of amides is 1. The van der Waals surface area contributed by atoms with Crippen LogP contribution in [-0.2, 0) is 44.5 Å². The predicted octanol–water partition coefficient (Wildman–Crippen LogP) is 0.0148. The minimum Gasteiger partial charge on any atom is -0.379 e. The van der Waals surface area contributed by atoms with Crippen LogP contribution in [0.5, 0.6) is 0 Å². The van der Waals surface area contributed by atoms with Gasteiger partial charge in [-0.05, 0) is 5.56 Å². The monoisotopic (exact) mass is 566 g/mol. The summed E-state index contributed by atoms with van der Waals surface area (Å²) in [6.45, 7) is 7.72. The topological polar surface area (TPSA) is 171 Å². The van der Waals surface area contributed by atoms with Gasteiger partial charge in [-0.15, -0.1) is 20.4 Å². The van der Waals surface area contributed by atoms with E-state index in [0.717, 1.165) is 11.1 Å². The third-order valence-electron chi connectivity index (χ3n) is 5.08. The second-order valence-electron chi connectivity index (χ2n) is 8.17. The predicted molar refractivity (Wildman–Crippen MR) is 144 cm³/mol. The van der Waals surface area contributed by atoms with Crippen molar-refractivity contribution in [3.63, 3.8) is 0 Å². The van der Waals surface area contributed by atoms with Gasteiger partial charge < -0.3 is 44.2 Å². The standard InChI is InChI=1S/C26H42N6O8/c27-6-8-35-10-12-37-14-16-39-18-20-40-19-17-38-15-13-36-11-9-34-7-5-25(33)28-21-23-1-3-24(4-2-23)26-31-29-22-30-32-26/h1-4,22H,5-21,27H2,(H,28,33). The first-order valence-electron chi connectivity index (χ1n) is 13.4. The number of ether oxygens (including phenoxy) is 7. The molecule has 0 bridgehead atoms. The quantitative estimate of drug-likeness (QED) is 0.146. The van der Waals surface area contributed by atoms with E-state index in [9.17, 15) is 4.79 Å². The number of carbonyl (C=O) groups excluding carboxylic acids is 1. The van der Waals surface area contributed by atoms with Crippen LogP contribution >= 0.6 is 0 Å². The van der Waals surface area contributed by atoms with Gasteiger partial charge in [0.25, 0.3) is 0 Å². The minimum absolute atomic E-state index is 0.0822. The molecule has 1 amide bonds. The van der Waals surface area contributed by atoms with Crippen LogP contribution in [-0.4, -0.2) is 125 Å². The van der Waals surface area contributed by atoms with Crippen LogP contribution in [0.1, 0.15) is 12.0 Å². The minimum atomic E-state index is -0.0822. The molecule has 14 nitrogen and oxygen atoms in total. The first-order chi connectivity index (χ1) is 19.8. The summed E-state index contributed by atoms with van der Waals surface area (Å²) in [5.74, 6) is 0.371. The summed E-state index contributed by atoms with van der Waals surface area (Å²) >= 11 is 0. The lowest BCUT2D eigenvalue weighted by Gasteiger charge is -2.09. The van der Waals surface area contributed by atoms with Crippen LogP contribution in [0, 0.1) is 0 Å². The molecular weight excluding hydrogens is 524 g/mol. The van der Waals surface area contributed by atoms with Crippen LogP contribution in [0.15, 0.2) is 30.6 Å². The number of carbonyl (C=O) groups is 1. The van der Waals surface area contributed by atoms with Gasteiger partial charge in [0.05, 0.1) is 92.5 Å². The molecule has 1 aromatic heterocycles. The molecule has 0 saturated heterocycles. The van der Waals surface area contributed by atoms with Crippen molar-refractivity contribution in [1.29, 1.82) is 0 Å². The van der Waals surface area contributed by atoms with Gasteiger partial charge in [0, 0.05) is 25.1 Å². The van der Waals surface area contributed by atoms with E-state index in [1.165, 1.54) is 6.33 Å². The molecule has 224 valence electrons. The smallest absolute Gasteiger partial charge is 0.222 e. The van der Waals surface area contributed by atoms with Gasteiger partial charge in [-0.3, -0.25) is 4.79 Å². The first-order valence-corrected chi connectivity index (χ1v) is 13.4. The summed E-state index contributed by atoms with van der Waals surface area (Å²) in [7, 11) is 0. The zero-order chi connectivity index (χ0) is 28.4. The zero-order valence-corrected chi connectivity index (χ0v) is 23.0. The van der Waals surface area contributed by atoms with E-state index in [2.05, 4.69) is 25.7 Å². The molecule has 0 fully saturated rings. The maximum Gasteiger partial charge on any atom is 0.222 e. The Morgan fingerprint density at radius 2 is 1.05 bits per heavy atom. The molecule has 2 aromatic rings. The largest absolute Gasteiger partial charge is 0.379 e. The molecule has 14 heteroatoms. The molecule has 1 aromatic carbocycles. The molecule has 2 rings (SSSR count). The third-order valence-corrected chi connectivity index (χ3v) is 5.08. The number of aromatic nitrogens is 4. The van der Waals surface area contributed by atoms with Crippen LogP contribution in [0.25, 0.3) is 11.4 Å². The molecule has 40 heavy (non-hydrogen) atoms. The summed E-state index contributed by atoms with van der Waals surface area (Å²) in [5.41, 5.74) is 7.09. The van der Waals surface area contributed by atoms with Gasteiger partial charge >= 0.3 is 0 Å². The summed E-state index contributed by atoms with van der Waals surface area (Å²) < 4.78 is 37.8. The number of benzene rings is 1. The summed E-state index contributed by atoms with van der Waals surface area (Å²) in [4.78, 5) is 12.0. The Morgan fingerprint density at radius 1 is 0.625 bits per heavy atom. The molecule has 0 saturated carbocycles. The molecule has 0 unspecified atom stereocenters. The maximum absolute atomic E-state index is 12.0. The normalized spacial score (nSPS) is 11.1. The van der Waals surface area contributed by atoms with Crippen molar-refractivity contribution in [3.05, 3.63) is 36.2 Å². The Hall–Kier alpha value is -2.69. The van der Waals surface area contributed by atoms with Gasteiger partial charge in [-0.2, -0.15) is 0 Å². The van der Waals surface area contributed by atoms with Gasteiger partial charge in [-0.1, -0.05) is 24.3 Å². The molecular formula is C26H42N6O8. The zero-order valence-electron chi connectivity index (χ0n) is 23.0. The van der Waals surface area contributed by atoms with Crippen molar-refractivity contribution in [3.8, 4) is 11.4 Å². The van der Waals surface area contributed by atoms with Gasteiger partial charge in [0.2, 0.25) is 11.7 Å². The second-order valence-corrected chi connectivity index (χ2v) is 8.17. The van der Waals surface area contributed by atoms with Crippen LogP contribution in [0.2, 0.25) is 0 Å². The van der Waals surface area contributed by atoms with E-state index in [1.807, 2.05) is 24.3 Å². The van der Waals surface area contributed by atoms with Crippen molar-refractivity contribution in [2.45, 2.75) is 13.0 Å². The third kappa shape index (κ3) is 17.8. The van der Waals surface area contributed by atoms with Crippen molar-refractivity contribution in [2.24, 2.45) is 5.73 Å². The fraction of sp³-hybridized carbons (Fsp3) is 0.654. The maximum atomic E-state index is 12.0. The van der Waals surface area contributed by atoms with E-state index in [0.29, 0.717) is 111 Å². The van der Waals surface area contributed by atoms with Crippen LogP contribution < -0.4 is 11.1 Å². The summed E-state index contributed by atoms with van der Waals surface area (Å²) in [5, 5.41) is 18.1. The number of hydrogen-bond acceptors (Lipinski definition) is 13. The van der Waals surface area contributed by atoms with E-state index in [4.69, 9.17) is 38.9 Å². The molecule has 0 radical (unpaired) electrons. The molecule has 0 spiro atoms. The first kappa shape index (κ1) is 33.5. The second kappa shape index (κ2) is 24.1. The molecule has 0 aliphatic heterocycles. The Kier molecular flexibility index (Phi) is 20.2. The molecule has 0 aliphatic rings. The van der Waals surface area contributed by atoms with Crippen molar-refractivity contribution < 1.29 is 38.0 Å². The number of nitrogens with two attached hydrogens (primary N) is 1. The number of hydrogen-bond donors (Lipinski definition) is 2. The van der Waals surface area contributed by atoms with Gasteiger partial charge in [-0.25, -0.2) is 0 Å². The van der Waals surface area contributed by atoms with Gasteiger partial charge in [0.15, 0.2) is 6.33 Å². The molecule has 3 N–H and O–H groups in total. The number of nitrogens with zero attached hydrogens (tertiary/aromatic N) is 4. The van der Waals surface area contributed by atoms with Crippen molar-refractivity contribution in [1.82, 2.24) is 25.7 Å². The number of nitrogens with one attached hydrogen (secondary N) is 1. The highest BCUT2D eigenvalue weighted by Gasteiger charge is 2.04. The lowest BCUT2D eigenvalue weighted by atomic mass is 10.1. The Bertz CT molecular complexity index is 866. The van der Waals surface area contributed by atoms with Crippen molar-refractivity contribution in [2.75, 3.05) is 99.0 Å². The van der Waals surface area contributed by atoms with Crippen molar-refractivity contribution >= 4 is 5.91 Å². The Labute approximate surface area is 235 Å². The van der Waals surface area contributed by atoms with E-state index in [-0.39, 0.29) is 12.3 Å². The van der Waals surface area contributed by atoms with Gasteiger partial charge in [0.1, 0.15) is 0 Å². The number of rotatable bonds is 26. The average Bonchev–Trinajstić information content (AvgIpc) is 2.99. The highest BCUT2D eigenvalue weighted by atomic mass is 16.6. The highest BCUT2D eigenvalue weighted by Crippen LogP contribution is 2.13.